The quantitative estimate of drug-likeness (QED) is 0.706. The molecule has 21 heavy (non-hydrogen) atoms. The Morgan fingerprint density at radius 2 is 2.00 bits per heavy atom. The predicted molar refractivity (Wildman–Crippen MR) is 88.1 cm³/mol. The van der Waals surface area contributed by atoms with Crippen LogP contribution in [0.5, 0.6) is 0 Å². The summed E-state index contributed by atoms with van der Waals surface area (Å²) >= 11 is 0. The molecule has 0 heterocycles. The zero-order valence-electron chi connectivity index (χ0n) is 14.6. The summed E-state index contributed by atoms with van der Waals surface area (Å²) in [5.74, 6) is 0.980. The smallest absolute Gasteiger partial charge is 0.236 e. The van der Waals surface area contributed by atoms with E-state index in [1.165, 1.54) is 32.1 Å². The number of nitrogens with one attached hydrogen (secondary N) is 2. The molecular weight excluding hydrogens is 260 g/mol. The van der Waals surface area contributed by atoms with Crippen molar-refractivity contribution in [2.24, 2.45) is 16.7 Å². The van der Waals surface area contributed by atoms with E-state index in [0.717, 1.165) is 18.9 Å². The maximum Gasteiger partial charge on any atom is 0.236 e. The molecule has 2 aliphatic carbocycles. The molecule has 122 valence electrons. The van der Waals surface area contributed by atoms with Crippen LogP contribution in [0.15, 0.2) is 0 Å². The lowest BCUT2D eigenvalue weighted by molar-refractivity contribution is -0.123. The van der Waals surface area contributed by atoms with Crippen LogP contribution in [0.2, 0.25) is 0 Å². The summed E-state index contributed by atoms with van der Waals surface area (Å²) in [6, 6.07) is 0.368. The highest BCUT2D eigenvalue weighted by Gasteiger charge is 2.59. The summed E-state index contributed by atoms with van der Waals surface area (Å²) in [5.41, 5.74) is 0.689. The van der Waals surface area contributed by atoms with Gasteiger partial charge in [0.1, 0.15) is 0 Å². The fourth-order valence-electron chi connectivity index (χ4n) is 4.78. The SMILES string of the molecule is CCCCCNC(=O)C(C)NC1C2(C)CCC(C2)C1(C)C. The van der Waals surface area contributed by atoms with Gasteiger partial charge in [0.2, 0.25) is 5.91 Å². The molecule has 4 unspecified atom stereocenters. The second-order valence-electron chi connectivity index (χ2n) is 8.23. The first-order chi connectivity index (χ1) is 9.81. The summed E-state index contributed by atoms with van der Waals surface area (Å²) in [4.78, 5) is 12.2. The molecule has 0 spiro atoms. The number of unbranched alkanes of at least 4 members (excludes halogenated alkanes) is 2. The minimum atomic E-state index is -0.0907. The van der Waals surface area contributed by atoms with E-state index < -0.39 is 0 Å². The van der Waals surface area contributed by atoms with Gasteiger partial charge >= 0.3 is 0 Å². The van der Waals surface area contributed by atoms with Gasteiger partial charge in [-0.1, -0.05) is 40.5 Å². The van der Waals surface area contributed by atoms with Crippen LogP contribution in [0.25, 0.3) is 0 Å². The molecule has 0 aromatic rings. The first-order valence-corrected chi connectivity index (χ1v) is 8.85. The Bertz CT molecular complexity index is 375. The van der Waals surface area contributed by atoms with Crippen LogP contribution in [-0.2, 0) is 4.79 Å². The van der Waals surface area contributed by atoms with Crippen molar-refractivity contribution in [3.63, 3.8) is 0 Å². The van der Waals surface area contributed by atoms with Crippen molar-refractivity contribution in [1.29, 1.82) is 0 Å². The number of fused-ring (bicyclic) bond motifs is 2. The third-order valence-electron chi connectivity index (χ3n) is 6.16. The summed E-state index contributed by atoms with van der Waals surface area (Å²) in [6.07, 6.45) is 7.46. The van der Waals surface area contributed by atoms with Gasteiger partial charge < -0.3 is 10.6 Å². The van der Waals surface area contributed by atoms with E-state index in [2.05, 4.69) is 38.3 Å². The highest BCUT2D eigenvalue weighted by atomic mass is 16.2. The maximum atomic E-state index is 12.2. The molecule has 0 aliphatic heterocycles. The van der Waals surface area contributed by atoms with E-state index in [4.69, 9.17) is 0 Å². The normalized spacial score (nSPS) is 34.9. The van der Waals surface area contributed by atoms with Crippen LogP contribution in [0.3, 0.4) is 0 Å². The zero-order chi connectivity index (χ0) is 15.7. The first-order valence-electron chi connectivity index (χ1n) is 8.85. The van der Waals surface area contributed by atoms with Gasteiger partial charge in [0, 0.05) is 12.6 Å². The second kappa shape index (κ2) is 6.28. The van der Waals surface area contributed by atoms with E-state index in [1.54, 1.807) is 0 Å². The predicted octanol–water partition coefficient (Wildman–Crippen LogP) is 3.49. The molecule has 4 atom stereocenters. The molecule has 0 aromatic heterocycles. The van der Waals surface area contributed by atoms with E-state index in [0.29, 0.717) is 16.9 Å². The molecular formula is C18H34N2O. The number of carbonyl (C=O) groups is 1. The molecule has 1 amide bonds. The lowest BCUT2D eigenvalue weighted by Crippen LogP contribution is -2.56. The highest BCUT2D eigenvalue weighted by molar-refractivity contribution is 5.81. The van der Waals surface area contributed by atoms with Gasteiger partial charge in [-0.25, -0.2) is 0 Å². The van der Waals surface area contributed by atoms with Gasteiger partial charge in [-0.3, -0.25) is 4.79 Å². The number of hydrogen-bond acceptors (Lipinski definition) is 2. The molecule has 2 aliphatic rings. The Hall–Kier alpha value is -0.570. The lowest BCUT2D eigenvalue weighted by Gasteiger charge is -2.44. The van der Waals surface area contributed by atoms with Gasteiger partial charge in [-0.05, 0) is 49.4 Å². The first kappa shape index (κ1) is 16.8. The van der Waals surface area contributed by atoms with Crippen LogP contribution in [0, 0.1) is 16.7 Å². The van der Waals surface area contributed by atoms with Gasteiger partial charge in [0.15, 0.2) is 0 Å². The fraction of sp³-hybridized carbons (Fsp3) is 0.944. The Labute approximate surface area is 130 Å². The topological polar surface area (TPSA) is 41.1 Å². The number of rotatable bonds is 7. The molecule has 2 bridgehead atoms. The molecule has 2 saturated carbocycles. The monoisotopic (exact) mass is 294 g/mol. The lowest BCUT2D eigenvalue weighted by atomic mass is 9.68. The summed E-state index contributed by atoms with van der Waals surface area (Å²) < 4.78 is 0. The van der Waals surface area contributed by atoms with E-state index in [-0.39, 0.29) is 11.9 Å². The van der Waals surface area contributed by atoms with Crippen molar-refractivity contribution in [3.8, 4) is 0 Å². The zero-order valence-corrected chi connectivity index (χ0v) is 14.6. The Morgan fingerprint density at radius 3 is 2.57 bits per heavy atom. The molecule has 0 saturated heterocycles. The van der Waals surface area contributed by atoms with Gasteiger partial charge in [0.25, 0.3) is 0 Å². The van der Waals surface area contributed by atoms with Crippen LogP contribution in [0.4, 0.5) is 0 Å². The molecule has 0 aromatic carbocycles. The minimum Gasteiger partial charge on any atom is -0.355 e. The van der Waals surface area contributed by atoms with Crippen molar-refractivity contribution >= 4 is 5.91 Å². The fourth-order valence-corrected chi connectivity index (χ4v) is 4.78. The van der Waals surface area contributed by atoms with Crippen LogP contribution in [-0.4, -0.2) is 24.5 Å². The van der Waals surface area contributed by atoms with E-state index in [9.17, 15) is 4.79 Å². The van der Waals surface area contributed by atoms with Crippen LogP contribution < -0.4 is 10.6 Å². The summed E-state index contributed by atoms with van der Waals surface area (Å²) in [6.45, 7) is 12.2. The molecule has 2 fully saturated rings. The molecule has 3 nitrogen and oxygen atoms in total. The average molecular weight is 294 g/mol. The standard InChI is InChI=1S/C18H34N2O/c1-6-7-8-11-19-15(21)13(2)20-16-17(3,4)14-9-10-18(16,5)12-14/h13-14,16,20H,6-12H2,1-5H3,(H,19,21). The third-order valence-corrected chi connectivity index (χ3v) is 6.16. The Balaban J connectivity index is 1.87. The summed E-state index contributed by atoms with van der Waals surface area (Å²) in [5, 5.41) is 6.74. The molecule has 0 radical (unpaired) electrons. The molecule has 3 heteroatoms. The number of amides is 1. The highest BCUT2D eigenvalue weighted by Crippen LogP contribution is 2.62. The van der Waals surface area contributed by atoms with Crippen LogP contribution in [0.1, 0.15) is 73.1 Å². The largest absolute Gasteiger partial charge is 0.355 e. The molecule has 2 rings (SSSR count). The van der Waals surface area contributed by atoms with Crippen molar-refractivity contribution in [3.05, 3.63) is 0 Å². The van der Waals surface area contributed by atoms with Crippen molar-refractivity contribution in [2.75, 3.05) is 6.54 Å². The number of hydrogen-bond donors (Lipinski definition) is 2. The Morgan fingerprint density at radius 1 is 1.29 bits per heavy atom. The van der Waals surface area contributed by atoms with Gasteiger partial charge in [0.05, 0.1) is 6.04 Å². The van der Waals surface area contributed by atoms with Crippen LogP contribution >= 0.6 is 0 Å². The van der Waals surface area contributed by atoms with Crippen molar-refractivity contribution in [1.82, 2.24) is 10.6 Å². The molecule has 2 N–H and O–H groups in total. The van der Waals surface area contributed by atoms with Gasteiger partial charge in [-0.15, -0.1) is 0 Å². The van der Waals surface area contributed by atoms with E-state index >= 15 is 0 Å². The maximum absolute atomic E-state index is 12.2. The second-order valence-corrected chi connectivity index (χ2v) is 8.23. The minimum absolute atomic E-state index is 0.0907. The Kier molecular flexibility index (Phi) is 5.02. The average Bonchev–Trinajstić information content (AvgIpc) is 2.90. The summed E-state index contributed by atoms with van der Waals surface area (Å²) in [7, 11) is 0. The van der Waals surface area contributed by atoms with E-state index in [1.807, 2.05) is 6.92 Å². The van der Waals surface area contributed by atoms with Crippen molar-refractivity contribution in [2.45, 2.75) is 85.2 Å². The third kappa shape index (κ3) is 3.28. The number of carbonyl (C=O) groups excluding carboxylic acids is 1. The van der Waals surface area contributed by atoms with Gasteiger partial charge in [-0.2, -0.15) is 0 Å². The van der Waals surface area contributed by atoms with Crippen molar-refractivity contribution < 1.29 is 4.79 Å².